The van der Waals surface area contributed by atoms with Crippen molar-refractivity contribution < 1.29 is 9.53 Å². The molecule has 0 spiro atoms. The van der Waals surface area contributed by atoms with Crippen molar-refractivity contribution >= 4 is 5.97 Å². The summed E-state index contributed by atoms with van der Waals surface area (Å²) in [4.78, 5) is 13.0. The molecule has 0 aromatic rings. The van der Waals surface area contributed by atoms with Gasteiger partial charge in [0.2, 0.25) is 0 Å². The summed E-state index contributed by atoms with van der Waals surface area (Å²) in [5.74, 6) is 6.70. The second-order valence-corrected chi connectivity index (χ2v) is 9.92. The predicted molar refractivity (Wildman–Crippen MR) is 87.4 cm³/mol. The zero-order valence-corrected chi connectivity index (χ0v) is 14.1. The highest BCUT2D eigenvalue weighted by molar-refractivity contribution is 5.74. The fraction of sp³-hybridized carbons (Fsp3) is 0.857. The van der Waals surface area contributed by atoms with E-state index in [1.165, 1.54) is 32.1 Å². The molecule has 10 unspecified atom stereocenters. The number of hydrogen-bond donors (Lipinski definition) is 0. The minimum Gasteiger partial charge on any atom is -0.459 e. The van der Waals surface area contributed by atoms with Crippen LogP contribution in [0.5, 0.6) is 0 Å². The highest BCUT2D eigenvalue weighted by Gasteiger charge is 2.63. The number of carbonyl (C=O) groups excluding carboxylic acids is 1. The lowest BCUT2D eigenvalue weighted by Gasteiger charge is -2.39. The van der Waals surface area contributed by atoms with Crippen LogP contribution in [-0.4, -0.2) is 11.6 Å². The monoisotopic (exact) mass is 312 g/mol. The fourth-order valence-corrected chi connectivity index (χ4v) is 8.27. The van der Waals surface area contributed by atoms with E-state index >= 15 is 0 Å². The van der Waals surface area contributed by atoms with E-state index in [1.807, 2.05) is 0 Å². The Morgan fingerprint density at radius 1 is 1.04 bits per heavy atom. The smallest absolute Gasteiger partial charge is 0.309 e. The molecule has 6 bridgehead atoms. The van der Waals surface area contributed by atoms with Crippen molar-refractivity contribution in [2.45, 2.75) is 57.5 Å². The highest BCUT2D eigenvalue weighted by Crippen LogP contribution is 2.67. The van der Waals surface area contributed by atoms with Gasteiger partial charge in [-0.2, -0.15) is 0 Å². The van der Waals surface area contributed by atoms with E-state index in [1.54, 1.807) is 0 Å². The maximum absolute atomic E-state index is 13.0. The molecule has 0 saturated heterocycles. The van der Waals surface area contributed by atoms with Crippen LogP contribution in [0.3, 0.4) is 0 Å². The zero-order chi connectivity index (χ0) is 15.3. The van der Waals surface area contributed by atoms with Crippen LogP contribution in [0.25, 0.3) is 0 Å². The first kappa shape index (κ1) is 13.5. The maximum atomic E-state index is 13.0. The number of hydrogen-bond acceptors (Lipinski definition) is 2. The predicted octanol–water partition coefficient (Wildman–Crippen LogP) is 4.20. The molecule has 5 saturated carbocycles. The van der Waals surface area contributed by atoms with Crippen LogP contribution in [0.1, 0.15) is 51.9 Å². The van der Waals surface area contributed by atoms with Crippen LogP contribution in [0.4, 0.5) is 0 Å². The molecule has 0 aliphatic heterocycles. The van der Waals surface area contributed by atoms with Gasteiger partial charge in [-0.15, -0.1) is 0 Å². The summed E-state index contributed by atoms with van der Waals surface area (Å²) in [5, 5.41) is 0. The second kappa shape index (κ2) is 4.24. The molecule has 124 valence electrons. The number of fused-ring (bicyclic) bond motifs is 11. The Hall–Kier alpha value is -0.790. The van der Waals surface area contributed by atoms with Crippen LogP contribution in [0, 0.1) is 53.3 Å². The van der Waals surface area contributed by atoms with Crippen molar-refractivity contribution in [3.8, 4) is 0 Å². The average Bonchev–Trinajstić information content (AvgIpc) is 3.30. The lowest BCUT2D eigenvalue weighted by molar-refractivity contribution is -0.171. The molecule has 0 heterocycles. The van der Waals surface area contributed by atoms with E-state index in [0.717, 1.165) is 48.3 Å². The van der Waals surface area contributed by atoms with Gasteiger partial charge in [0.1, 0.15) is 5.60 Å². The van der Waals surface area contributed by atoms with Crippen LogP contribution in [0.2, 0.25) is 0 Å². The van der Waals surface area contributed by atoms with Crippen LogP contribution in [0.15, 0.2) is 12.2 Å². The Morgan fingerprint density at radius 2 is 1.87 bits per heavy atom. The first-order chi connectivity index (χ1) is 11.1. The molecule has 0 aromatic heterocycles. The second-order valence-electron chi connectivity index (χ2n) is 9.92. The summed E-state index contributed by atoms with van der Waals surface area (Å²) >= 11 is 0. The largest absolute Gasteiger partial charge is 0.459 e. The van der Waals surface area contributed by atoms with E-state index in [0.29, 0.717) is 11.8 Å². The number of allylic oxidation sites excluding steroid dienone is 2. The minimum atomic E-state index is -0.129. The lowest BCUT2D eigenvalue weighted by Crippen LogP contribution is -2.42. The molecular weight excluding hydrogens is 284 g/mol. The van der Waals surface area contributed by atoms with Gasteiger partial charge < -0.3 is 4.74 Å². The van der Waals surface area contributed by atoms with Gasteiger partial charge in [0.15, 0.2) is 0 Å². The Balaban J connectivity index is 1.21. The molecule has 23 heavy (non-hydrogen) atoms. The Morgan fingerprint density at radius 3 is 2.61 bits per heavy atom. The van der Waals surface area contributed by atoms with E-state index in [2.05, 4.69) is 19.1 Å². The van der Waals surface area contributed by atoms with Crippen LogP contribution in [-0.2, 0) is 9.53 Å². The molecular formula is C21H28O2. The first-order valence-corrected chi connectivity index (χ1v) is 10.0. The van der Waals surface area contributed by atoms with Crippen LogP contribution >= 0.6 is 0 Å². The Kier molecular flexibility index (Phi) is 2.49. The maximum Gasteiger partial charge on any atom is 0.309 e. The van der Waals surface area contributed by atoms with Crippen molar-refractivity contribution in [3.05, 3.63) is 12.2 Å². The van der Waals surface area contributed by atoms with Gasteiger partial charge in [0, 0.05) is 0 Å². The SMILES string of the molecule is CC1(OC(=O)C2CC3CC2C2C4C=CC(C4)C32)CC2CCC1C2. The van der Waals surface area contributed by atoms with E-state index in [9.17, 15) is 4.79 Å². The average molecular weight is 312 g/mol. The molecule has 2 heteroatoms. The third-order valence-corrected chi connectivity index (χ3v) is 9.01. The normalized spacial score (nSPS) is 60.7. The summed E-state index contributed by atoms with van der Waals surface area (Å²) in [6.07, 6.45) is 13.9. The summed E-state index contributed by atoms with van der Waals surface area (Å²) in [6, 6.07) is 0. The van der Waals surface area contributed by atoms with Crippen molar-refractivity contribution in [2.24, 2.45) is 53.3 Å². The minimum absolute atomic E-state index is 0.129. The third-order valence-electron chi connectivity index (χ3n) is 9.01. The van der Waals surface area contributed by atoms with Crippen molar-refractivity contribution in [1.82, 2.24) is 0 Å². The number of ether oxygens (including phenoxy) is 1. The van der Waals surface area contributed by atoms with Gasteiger partial charge in [-0.05, 0) is 99.2 Å². The van der Waals surface area contributed by atoms with Crippen molar-refractivity contribution in [1.29, 1.82) is 0 Å². The number of rotatable bonds is 2. The number of carbonyl (C=O) groups is 1. The van der Waals surface area contributed by atoms with Gasteiger partial charge in [0.05, 0.1) is 5.92 Å². The molecule has 0 radical (unpaired) electrons. The summed E-state index contributed by atoms with van der Waals surface area (Å²) in [7, 11) is 0. The molecule has 2 nitrogen and oxygen atoms in total. The van der Waals surface area contributed by atoms with E-state index in [-0.39, 0.29) is 17.5 Å². The molecule has 0 N–H and O–H groups in total. The number of esters is 1. The molecule has 6 aliphatic rings. The van der Waals surface area contributed by atoms with Crippen LogP contribution < -0.4 is 0 Å². The molecule has 10 atom stereocenters. The fourth-order valence-electron chi connectivity index (χ4n) is 8.27. The van der Waals surface area contributed by atoms with E-state index in [4.69, 9.17) is 4.74 Å². The lowest BCUT2D eigenvalue weighted by atomic mass is 9.69. The van der Waals surface area contributed by atoms with Gasteiger partial charge in [0.25, 0.3) is 0 Å². The summed E-state index contributed by atoms with van der Waals surface area (Å²) in [5.41, 5.74) is -0.129. The summed E-state index contributed by atoms with van der Waals surface area (Å²) in [6.45, 7) is 2.23. The quantitative estimate of drug-likeness (QED) is 0.434. The summed E-state index contributed by atoms with van der Waals surface area (Å²) < 4.78 is 6.24. The van der Waals surface area contributed by atoms with E-state index < -0.39 is 0 Å². The van der Waals surface area contributed by atoms with Crippen molar-refractivity contribution in [2.75, 3.05) is 0 Å². The highest BCUT2D eigenvalue weighted by atomic mass is 16.6. The molecule has 0 amide bonds. The molecule has 5 fully saturated rings. The van der Waals surface area contributed by atoms with Gasteiger partial charge in [-0.25, -0.2) is 0 Å². The Bertz CT molecular complexity index is 595. The standard InChI is InChI=1S/C21H28O2/c1-21(10-11-2-5-15(21)6-11)23-20(22)17-9-14-8-16(17)19-13-4-3-12(7-13)18(14)19/h3-4,11-19H,2,5-10H2,1H3. The topological polar surface area (TPSA) is 26.3 Å². The first-order valence-electron chi connectivity index (χ1n) is 10.0. The molecule has 6 rings (SSSR count). The van der Waals surface area contributed by atoms with Crippen molar-refractivity contribution in [3.63, 3.8) is 0 Å². The van der Waals surface area contributed by atoms with Gasteiger partial charge in [-0.1, -0.05) is 12.2 Å². The van der Waals surface area contributed by atoms with Gasteiger partial charge >= 0.3 is 5.97 Å². The molecule has 0 aromatic carbocycles. The molecule has 6 aliphatic carbocycles. The Labute approximate surface area is 139 Å². The third kappa shape index (κ3) is 1.63. The zero-order valence-electron chi connectivity index (χ0n) is 14.1. The van der Waals surface area contributed by atoms with Gasteiger partial charge in [-0.3, -0.25) is 4.79 Å².